The van der Waals surface area contributed by atoms with Gasteiger partial charge in [-0.2, -0.15) is 13.2 Å². The first kappa shape index (κ1) is 28.8. The maximum absolute atomic E-state index is 13.4. The molecule has 2 N–H and O–H groups in total. The monoisotopic (exact) mass is 581 g/mol. The highest BCUT2D eigenvalue weighted by Gasteiger charge is 2.34. The van der Waals surface area contributed by atoms with Crippen molar-refractivity contribution in [2.45, 2.75) is 61.7 Å². The van der Waals surface area contributed by atoms with Crippen LogP contribution in [0.4, 0.5) is 18.9 Å². The van der Waals surface area contributed by atoms with E-state index >= 15 is 0 Å². The number of rotatable bonds is 8. The summed E-state index contributed by atoms with van der Waals surface area (Å²) in [5, 5.41) is 7.04. The Labute approximate surface area is 229 Å². The zero-order chi connectivity index (χ0) is 28.4. The summed E-state index contributed by atoms with van der Waals surface area (Å²) < 4.78 is 63.3. The summed E-state index contributed by atoms with van der Waals surface area (Å²) in [4.78, 5) is 28.7. The molecule has 12 heteroatoms. The molecule has 3 aromatic rings. The van der Waals surface area contributed by atoms with Gasteiger partial charge in [0, 0.05) is 52.8 Å². The number of carbonyl (C=O) groups excluding carboxylic acids is 2. The number of alkyl halides is 3. The molecule has 0 aliphatic heterocycles. The third-order valence-electron chi connectivity index (χ3n) is 6.70. The normalized spacial score (nSPS) is 18.1. The Bertz CT molecular complexity index is 1490. The first-order valence-electron chi connectivity index (χ1n) is 12.4. The Morgan fingerprint density at radius 1 is 0.974 bits per heavy atom. The van der Waals surface area contributed by atoms with Crippen LogP contribution in [0.25, 0.3) is 10.9 Å². The van der Waals surface area contributed by atoms with E-state index in [9.17, 15) is 31.2 Å². The van der Waals surface area contributed by atoms with Gasteiger partial charge < -0.3 is 10.6 Å². The van der Waals surface area contributed by atoms with Gasteiger partial charge in [0.1, 0.15) is 5.69 Å². The fourth-order valence-corrected chi connectivity index (χ4v) is 5.43. The van der Waals surface area contributed by atoms with E-state index < -0.39 is 21.7 Å². The largest absolute Gasteiger partial charge is 0.433 e. The summed E-state index contributed by atoms with van der Waals surface area (Å²) in [7, 11) is -3.36. The number of nitrogens with zero attached hydrogens (tertiary/aromatic N) is 1. The number of amides is 1. The van der Waals surface area contributed by atoms with Crippen LogP contribution in [-0.4, -0.2) is 43.4 Å². The molecule has 2 aromatic carbocycles. The molecular weight excluding hydrogens is 555 g/mol. The third-order valence-corrected chi connectivity index (χ3v) is 8.06. The highest BCUT2D eigenvalue weighted by atomic mass is 35.5. The van der Waals surface area contributed by atoms with Crippen LogP contribution in [0.1, 0.15) is 54.6 Å². The number of benzene rings is 2. The molecule has 0 spiro atoms. The first-order chi connectivity index (χ1) is 18.3. The zero-order valence-electron chi connectivity index (χ0n) is 21.0. The van der Waals surface area contributed by atoms with Crippen molar-refractivity contribution in [2.24, 2.45) is 0 Å². The Kier molecular flexibility index (Phi) is 8.51. The summed E-state index contributed by atoms with van der Waals surface area (Å²) >= 11 is 6.07. The number of pyridine rings is 1. The van der Waals surface area contributed by atoms with E-state index in [4.69, 9.17) is 11.6 Å². The molecule has 0 bridgehead atoms. The van der Waals surface area contributed by atoms with Crippen molar-refractivity contribution < 1.29 is 31.2 Å². The standard InChI is InChI=1S/C27H27ClF3N3O4S/c1-39(37,38)20-9-2-16(3-10-20)24(35)12-13-26(36)33-19-7-5-18(6-8-19)32-23-15-25(27(29,30)31)34-22-11-4-17(28)14-21(22)23/h2-4,9-11,14-15,18-19H,5-8,12-13H2,1H3,(H,32,34)(H,33,36). The lowest BCUT2D eigenvalue weighted by molar-refractivity contribution is -0.140. The van der Waals surface area contributed by atoms with Crippen LogP contribution in [0.3, 0.4) is 0 Å². The minimum atomic E-state index is -4.59. The SMILES string of the molecule is CS(=O)(=O)c1ccc(C(=O)CCC(=O)NC2CCC(Nc3cc(C(F)(F)F)nc4ccc(Cl)cc34)CC2)cc1. The lowest BCUT2D eigenvalue weighted by Gasteiger charge is -2.30. The van der Waals surface area contributed by atoms with Gasteiger partial charge in [0.25, 0.3) is 0 Å². The van der Waals surface area contributed by atoms with E-state index in [0.717, 1.165) is 12.3 Å². The summed E-state index contributed by atoms with van der Waals surface area (Å²) in [6, 6.07) is 10.9. The number of aromatic nitrogens is 1. The maximum atomic E-state index is 13.4. The third kappa shape index (κ3) is 7.48. The van der Waals surface area contributed by atoms with Crippen molar-refractivity contribution in [2.75, 3.05) is 11.6 Å². The highest BCUT2D eigenvalue weighted by molar-refractivity contribution is 7.90. The predicted molar refractivity (Wildman–Crippen MR) is 143 cm³/mol. The molecule has 7 nitrogen and oxygen atoms in total. The van der Waals surface area contributed by atoms with Gasteiger partial charge >= 0.3 is 6.18 Å². The fourth-order valence-electron chi connectivity index (χ4n) is 4.62. The Hall–Kier alpha value is -3.18. The lowest BCUT2D eigenvalue weighted by Crippen LogP contribution is -2.40. The fraction of sp³-hybridized carbons (Fsp3) is 0.370. The Morgan fingerprint density at radius 3 is 2.23 bits per heavy atom. The van der Waals surface area contributed by atoms with Crippen LogP contribution in [0.2, 0.25) is 5.02 Å². The second-order valence-electron chi connectivity index (χ2n) is 9.69. The molecule has 1 aliphatic rings. The summed E-state index contributed by atoms with van der Waals surface area (Å²) in [5.74, 6) is -0.530. The van der Waals surface area contributed by atoms with Gasteiger partial charge in [0.15, 0.2) is 15.6 Å². The summed E-state index contributed by atoms with van der Waals surface area (Å²) in [6.07, 6.45) is -1.02. The van der Waals surface area contributed by atoms with Crippen LogP contribution in [0, 0.1) is 0 Å². The molecule has 1 aromatic heterocycles. The van der Waals surface area contributed by atoms with Crippen LogP contribution < -0.4 is 10.6 Å². The molecule has 0 unspecified atom stereocenters. The van der Waals surface area contributed by atoms with Crippen molar-refractivity contribution in [1.29, 1.82) is 0 Å². The number of sulfone groups is 1. The van der Waals surface area contributed by atoms with Crippen molar-refractivity contribution in [3.8, 4) is 0 Å². The number of halogens is 4. The van der Waals surface area contributed by atoms with Gasteiger partial charge in [-0.1, -0.05) is 23.7 Å². The maximum Gasteiger partial charge on any atom is 0.433 e. The number of anilines is 1. The van der Waals surface area contributed by atoms with Crippen LogP contribution in [0.15, 0.2) is 53.4 Å². The molecule has 39 heavy (non-hydrogen) atoms. The lowest BCUT2D eigenvalue weighted by atomic mass is 9.90. The molecule has 1 aliphatic carbocycles. The molecule has 1 heterocycles. The minimum Gasteiger partial charge on any atom is -0.382 e. The van der Waals surface area contributed by atoms with Crippen molar-refractivity contribution >= 4 is 49.7 Å². The molecule has 4 rings (SSSR count). The zero-order valence-corrected chi connectivity index (χ0v) is 22.6. The number of hydrogen-bond acceptors (Lipinski definition) is 6. The average Bonchev–Trinajstić information content (AvgIpc) is 2.87. The van der Waals surface area contributed by atoms with Gasteiger partial charge in [-0.05, 0) is 62.1 Å². The van der Waals surface area contributed by atoms with Crippen molar-refractivity contribution in [3.63, 3.8) is 0 Å². The van der Waals surface area contributed by atoms with E-state index in [1.807, 2.05) is 0 Å². The average molecular weight is 582 g/mol. The first-order valence-corrected chi connectivity index (χ1v) is 14.6. The molecule has 1 amide bonds. The van der Waals surface area contributed by atoms with E-state index in [0.29, 0.717) is 47.3 Å². The second-order valence-corrected chi connectivity index (χ2v) is 12.1. The summed E-state index contributed by atoms with van der Waals surface area (Å²) in [5.41, 5.74) is -0.147. The van der Waals surface area contributed by atoms with Crippen molar-refractivity contribution in [1.82, 2.24) is 10.3 Å². The highest BCUT2D eigenvalue weighted by Crippen LogP contribution is 2.35. The van der Waals surface area contributed by atoms with Crippen molar-refractivity contribution in [3.05, 3.63) is 64.8 Å². The second kappa shape index (κ2) is 11.5. The van der Waals surface area contributed by atoms with E-state index in [1.54, 1.807) is 6.07 Å². The van der Waals surface area contributed by atoms with Crippen LogP contribution >= 0.6 is 11.6 Å². The van der Waals surface area contributed by atoms with Gasteiger partial charge in [0.05, 0.1) is 10.4 Å². The van der Waals surface area contributed by atoms with Gasteiger partial charge in [0.2, 0.25) is 5.91 Å². The van der Waals surface area contributed by atoms with E-state index in [2.05, 4.69) is 15.6 Å². The molecule has 1 saturated carbocycles. The molecular formula is C27H27ClF3N3O4S. The van der Waals surface area contributed by atoms with Gasteiger partial charge in [-0.15, -0.1) is 0 Å². The molecule has 0 radical (unpaired) electrons. The van der Waals surface area contributed by atoms with Gasteiger partial charge in [-0.25, -0.2) is 13.4 Å². The smallest absolute Gasteiger partial charge is 0.382 e. The van der Waals surface area contributed by atoms with Crippen LogP contribution in [-0.2, 0) is 20.8 Å². The van der Waals surface area contributed by atoms with Crippen LogP contribution in [0.5, 0.6) is 0 Å². The topological polar surface area (TPSA) is 105 Å². The number of ketones is 1. The van der Waals surface area contributed by atoms with Gasteiger partial charge in [-0.3, -0.25) is 9.59 Å². The number of hydrogen-bond donors (Lipinski definition) is 2. The predicted octanol–water partition coefficient (Wildman–Crippen LogP) is 5.81. The Balaban J connectivity index is 1.29. The van der Waals surface area contributed by atoms with E-state index in [1.165, 1.54) is 36.4 Å². The number of fused-ring (bicyclic) bond motifs is 1. The number of Topliss-reactive ketones (excluding diaryl/α,β-unsaturated/α-hetero) is 1. The Morgan fingerprint density at radius 2 is 1.62 bits per heavy atom. The quantitative estimate of drug-likeness (QED) is 0.325. The molecule has 0 atom stereocenters. The number of carbonyl (C=O) groups is 2. The minimum absolute atomic E-state index is 0.00514. The molecule has 1 fully saturated rings. The van der Waals surface area contributed by atoms with E-state index in [-0.39, 0.29) is 47.0 Å². The summed E-state index contributed by atoms with van der Waals surface area (Å²) in [6.45, 7) is 0. The molecule has 0 saturated heterocycles. The number of nitrogens with one attached hydrogen (secondary N) is 2. The molecule has 208 valence electrons.